The van der Waals surface area contributed by atoms with Crippen LogP contribution in [0.25, 0.3) is 0 Å². The summed E-state index contributed by atoms with van der Waals surface area (Å²) in [4.78, 5) is 37.9. The highest BCUT2D eigenvalue weighted by molar-refractivity contribution is 6.23. The van der Waals surface area contributed by atoms with Crippen LogP contribution in [0.4, 0.5) is 0 Å². The Morgan fingerprint density at radius 2 is 2.00 bits per heavy atom. The zero-order valence-electron chi connectivity index (χ0n) is 14.6. The minimum Gasteiger partial charge on any atom is -0.507 e. The van der Waals surface area contributed by atoms with Crippen molar-refractivity contribution in [2.45, 2.75) is 43.2 Å². The van der Waals surface area contributed by atoms with Crippen molar-refractivity contribution in [3.8, 4) is 5.75 Å². The van der Waals surface area contributed by atoms with E-state index in [1.807, 2.05) is 0 Å². The molecule has 1 heterocycles. The number of aromatic hydroxyl groups is 1. The number of Topliss-reactive ketones (excluding diaryl/α,β-unsaturated/α-hetero) is 2. The lowest BCUT2D eigenvalue weighted by Gasteiger charge is -2.54. The van der Waals surface area contributed by atoms with E-state index < -0.39 is 46.7 Å². The SMILES string of the molecule is COC(=O)C[C@H]1C[C@@]2(OC)C(=O)c3cccc(O)c3C(=O)[C@]2(O)[C@@H](C)O1. The van der Waals surface area contributed by atoms with Crippen LogP contribution in [-0.4, -0.2) is 65.4 Å². The standard InChI is InChI=1S/C18H20O8/c1-9-18(23)16(22)14-11(5-4-6-12(14)19)15(21)17(18,25-3)8-10(26-9)7-13(20)24-2/h4-6,9-10,19,23H,7-8H2,1-3H3/t9-,10+,17-,18-/m1/s1. The third kappa shape index (κ3) is 2.22. The summed E-state index contributed by atoms with van der Waals surface area (Å²) in [6.07, 6.45) is -2.31. The fourth-order valence-electron chi connectivity index (χ4n) is 3.97. The molecule has 1 aliphatic carbocycles. The summed E-state index contributed by atoms with van der Waals surface area (Å²) in [7, 11) is 2.45. The Labute approximate surface area is 149 Å². The maximum absolute atomic E-state index is 13.2. The van der Waals surface area contributed by atoms with Crippen molar-refractivity contribution in [2.24, 2.45) is 0 Å². The van der Waals surface area contributed by atoms with E-state index in [1.54, 1.807) is 0 Å². The number of rotatable bonds is 3. The average molecular weight is 364 g/mol. The molecule has 1 fully saturated rings. The monoisotopic (exact) mass is 364 g/mol. The fraction of sp³-hybridized carbons (Fsp3) is 0.500. The Balaban J connectivity index is 2.17. The molecule has 8 heteroatoms. The van der Waals surface area contributed by atoms with Gasteiger partial charge in [-0.1, -0.05) is 12.1 Å². The first-order valence-electron chi connectivity index (χ1n) is 8.14. The van der Waals surface area contributed by atoms with Crippen LogP contribution >= 0.6 is 0 Å². The average Bonchev–Trinajstić information content (AvgIpc) is 2.62. The molecular formula is C18H20O8. The van der Waals surface area contributed by atoms with Gasteiger partial charge in [-0.15, -0.1) is 0 Å². The van der Waals surface area contributed by atoms with Gasteiger partial charge in [-0.25, -0.2) is 0 Å². The van der Waals surface area contributed by atoms with E-state index in [2.05, 4.69) is 4.74 Å². The van der Waals surface area contributed by atoms with E-state index in [0.29, 0.717) is 0 Å². The molecule has 0 saturated carbocycles. The van der Waals surface area contributed by atoms with Crippen molar-refractivity contribution >= 4 is 17.5 Å². The number of carbonyl (C=O) groups excluding carboxylic acids is 3. The third-order valence-corrected chi connectivity index (χ3v) is 5.31. The maximum atomic E-state index is 13.2. The lowest BCUT2D eigenvalue weighted by atomic mass is 9.61. The molecule has 1 aromatic carbocycles. The van der Waals surface area contributed by atoms with Gasteiger partial charge in [0.1, 0.15) is 5.75 Å². The highest BCUT2D eigenvalue weighted by Gasteiger charge is 2.70. The van der Waals surface area contributed by atoms with Crippen LogP contribution in [0.2, 0.25) is 0 Å². The molecule has 8 nitrogen and oxygen atoms in total. The van der Waals surface area contributed by atoms with Crippen molar-refractivity contribution in [1.29, 1.82) is 0 Å². The van der Waals surface area contributed by atoms with Crippen molar-refractivity contribution < 1.29 is 38.8 Å². The number of hydrogen-bond donors (Lipinski definition) is 2. The number of carbonyl (C=O) groups is 3. The Morgan fingerprint density at radius 3 is 2.62 bits per heavy atom. The van der Waals surface area contributed by atoms with E-state index >= 15 is 0 Å². The van der Waals surface area contributed by atoms with Gasteiger partial charge in [-0.2, -0.15) is 0 Å². The second-order valence-electron chi connectivity index (χ2n) is 6.54. The fourth-order valence-corrected chi connectivity index (χ4v) is 3.97. The number of phenolic OH excluding ortho intramolecular Hbond substituents is 1. The lowest BCUT2D eigenvalue weighted by Crippen LogP contribution is -2.75. The minimum atomic E-state index is -2.34. The molecule has 26 heavy (non-hydrogen) atoms. The molecular weight excluding hydrogens is 344 g/mol. The third-order valence-electron chi connectivity index (χ3n) is 5.31. The van der Waals surface area contributed by atoms with Crippen LogP contribution < -0.4 is 0 Å². The summed E-state index contributed by atoms with van der Waals surface area (Å²) in [6, 6.07) is 4.09. The van der Waals surface area contributed by atoms with Crippen LogP contribution in [0.1, 0.15) is 40.5 Å². The van der Waals surface area contributed by atoms with Gasteiger partial charge in [-0.05, 0) is 13.0 Å². The number of benzene rings is 1. The van der Waals surface area contributed by atoms with Gasteiger partial charge >= 0.3 is 5.97 Å². The summed E-state index contributed by atoms with van der Waals surface area (Å²) in [6.45, 7) is 1.42. The molecule has 0 unspecified atom stereocenters. The van der Waals surface area contributed by atoms with Gasteiger partial charge in [0.05, 0.1) is 31.3 Å². The molecule has 0 bridgehead atoms. The Bertz CT molecular complexity index is 787. The van der Waals surface area contributed by atoms with Crippen molar-refractivity contribution in [3.63, 3.8) is 0 Å². The molecule has 0 spiro atoms. The summed E-state index contributed by atoms with van der Waals surface area (Å²) in [5.41, 5.74) is -4.56. The second kappa shape index (κ2) is 6.15. The van der Waals surface area contributed by atoms with Crippen LogP contribution in [0.15, 0.2) is 18.2 Å². The first kappa shape index (κ1) is 18.5. The zero-order chi connectivity index (χ0) is 19.3. The number of fused-ring (bicyclic) bond motifs is 2. The molecule has 2 N–H and O–H groups in total. The molecule has 3 rings (SSSR count). The topological polar surface area (TPSA) is 119 Å². The van der Waals surface area contributed by atoms with E-state index in [0.717, 1.165) is 0 Å². The molecule has 1 aliphatic heterocycles. The van der Waals surface area contributed by atoms with Crippen LogP contribution in [0, 0.1) is 0 Å². The van der Waals surface area contributed by atoms with E-state index in [1.165, 1.54) is 39.3 Å². The Hall–Kier alpha value is -2.29. The number of hydrogen-bond acceptors (Lipinski definition) is 8. The van der Waals surface area contributed by atoms with Crippen molar-refractivity contribution in [2.75, 3.05) is 14.2 Å². The number of esters is 1. The summed E-state index contributed by atoms with van der Waals surface area (Å²) < 4.78 is 15.7. The number of phenols is 1. The van der Waals surface area contributed by atoms with Crippen LogP contribution in [-0.2, 0) is 19.0 Å². The summed E-state index contributed by atoms with van der Waals surface area (Å²) >= 11 is 0. The lowest BCUT2D eigenvalue weighted by molar-refractivity contribution is -0.236. The highest BCUT2D eigenvalue weighted by atomic mass is 16.6. The van der Waals surface area contributed by atoms with Gasteiger partial charge in [0.15, 0.2) is 17.0 Å². The molecule has 0 amide bonds. The molecule has 0 aromatic heterocycles. The zero-order valence-corrected chi connectivity index (χ0v) is 14.6. The molecule has 1 saturated heterocycles. The summed E-state index contributed by atoms with van der Waals surface area (Å²) in [5, 5.41) is 21.3. The molecule has 140 valence electrons. The predicted molar refractivity (Wildman–Crippen MR) is 87.0 cm³/mol. The summed E-state index contributed by atoms with van der Waals surface area (Å²) in [5.74, 6) is -2.44. The van der Waals surface area contributed by atoms with E-state index in [-0.39, 0.29) is 24.0 Å². The van der Waals surface area contributed by atoms with Gasteiger partial charge < -0.3 is 24.4 Å². The largest absolute Gasteiger partial charge is 0.507 e. The van der Waals surface area contributed by atoms with Crippen molar-refractivity contribution in [1.82, 2.24) is 0 Å². The van der Waals surface area contributed by atoms with Gasteiger partial charge in [0.25, 0.3) is 0 Å². The number of aliphatic hydroxyl groups is 1. The second-order valence-corrected chi connectivity index (χ2v) is 6.54. The quantitative estimate of drug-likeness (QED) is 0.750. The van der Waals surface area contributed by atoms with Gasteiger partial charge in [0, 0.05) is 19.1 Å². The predicted octanol–water partition coefficient (Wildman–Crippen LogP) is 0.628. The van der Waals surface area contributed by atoms with E-state index in [9.17, 15) is 24.6 Å². The Kier molecular flexibility index (Phi) is 4.38. The van der Waals surface area contributed by atoms with Crippen LogP contribution in [0.3, 0.4) is 0 Å². The van der Waals surface area contributed by atoms with Gasteiger partial charge in [0.2, 0.25) is 5.78 Å². The molecule has 0 radical (unpaired) electrons. The molecule has 4 atom stereocenters. The first-order valence-corrected chi connectivity index (χ1v) is 8.14. The maximum Gasteiger partial charge on any atom is 0.308 e. The number of methoxy groups -OCH3 is 2. The number of ether oxygens (including phenoxy) is 3. The minimum absolute atomic E-state index is 0.0348. The Morgan fingerprint density at radius 1 is 1.31 bits per heavy atom. The van der Waals surface area contributed by atoms with E-state index in [4.69, 9.17) is 9.47 Å². The normalized spacial score (nSPS) is 33.4. The van der Waals surface area contributed by atoms with Crippen LogP contribution in [0.5, 0.6) is 5.75 Å². The molecule has 2 aliphatic rings. The smallest absolute Gasteiger partial charge is 0.308 e. The highest BCUT2D eigenvalue weighted by Crippen LogP contribution is 2.49. The van der Waals surface area contributed by atoms with Gasteiger partial charge in [-0.3, -0.25) is 14.4 Å². The first-order chi connectivity index (χ1) is 12.2. The number of ketones is 2. The molecule has 1 aromatic rings. The van der Waals surface area contributed by atoms with Crippen molar-refractivity contribution in [3.05, 3.63) is 29.3 Å².